The quantitative estimate of drug-likeness (QED) is 0.919. The number of piperidine rings is 1. The van der Waals surface area contributed by atoms with Gasteiger partial charge in [0.1, 0.15) is 17.3 Å². The smallest absolute Gasteiger partial charge is 0.135 e. The Morgan fingerprint density at radius 3 is 2.88 bits per heavy atom. The van der Waals surface area contributed by atoms with E-state index in [1.807, 2.05) is 24.3 Å². The van der Waals surface area contributed by atoms with Crippen molar-refractivity contribution in [2.45, 2.75) is 31.8 Å². The Morgan fingerprint density at radius 2 is 2.00 bits per heavy atom. The maximum atomic E-state index is 13.6. The van der Waals surface area contributed by atoms with Crippen LogP contribution in [0, 0.1) is 5.82 Å². The van der Waals surface area contributed by atoms with Crippen LogP contribution >= 0.6 is 0 Å². The number of hydrogen-bond donors (Lipinski definition) is 1. The van der Waals surface area contributed by atoms with Crippen molar-refractivity contribution < 1.29 is 9.13 Å². The molecule has 1 fully saturated rings. The molecule has 2 aromatic rings. The number of benzene rings is 2. The second-order valence-corrected chi connectivity index (χ2v) is 6.65. The lowest BCUT2D eigenvalue weighted by atomic mass is 9.92. The molecule has 0 spiro atoms. The Balaban J connectivity index is 1.66. The Bertz CT molecular complexity index is 733. The molecule has 0 saturated carbocycles. The SMILES string of the molecule is CCN1CCCC(NC2c3ccccc3Oc3cc(F)ccc32)C1. The van der Waals surface area contributed by atoms with Gasteiger partial charge in [0, 0.05) is 29.8 Å². The fourth-order valence-electron chi connectivity index (χ4n) is 3.83. The number of nitrogens with zero attached hydrogens (tertiary/aromatic N) is 1. The first-order chi connectivity index (χ1) is 11.7. The normalized spacial score (nSPS) is 23.2. The van der Waals surface area contributed by atoms with Crippen LogP contribution in [0.15, 0.2) is 42.5 Å². The summed E-state index contributed by atoms with van der Waals surface area (Å²) in [5.41, 5.74) is 2.15. The number of ether oxygens (including phenoxy) is 1. The number of rotatable bonds is 3. The van der Waals surface area contributed by atoms with E-state index in [-0.39, 0.29) is 11.9 Å². The zero-order valence-electron chi connectivity index (χ0n) is 14.0. The highest BCUT2D eigenvalue weighted by molar-refractivity contribution is 5.53. The monoisotopic (exact) mass is 326 g/mol. The molecule has 4 heteroatoms. The topological polar surface area (TPSA) is 24.5 Å². The van der Waals surface area contributed by atoms with Gasteiger partial charge in [0.05, 0.1) is 6.04 Å². The highest BCUT2D eigenvalue weighted by Gasteiger charge is 2.30. The predicted octanol–water partition coefficient (Wildman–Crippen LogP) is 4.09. The first kappa shape index (κ1) is 15.6. The number of fused-ring (bicyclic) bond motifs is 2. The maximum absolute atomic E-state index is 13.6. The Labute approximate surface area is 142 Å². The van der Waals surface area contributed by atoms with Crippen molar-refractivity contribution >= 4 is 0 Å². The zero-order chi connectivity index (χ0) is 16.5. The van der Waals surface area contributed by atoms with Gasteiger partial charge in [0.25, 0.3) is 0 Å². The van der Waals surface area contributed by atoms with E-state index in [0.717, 1.165) is 30.0 Å². The molecule has 2 atom stereocenters. The standard InChI is InChI=1S/C20H23FN2O/c1-2-23-11-5-6-15(13-23)22-20-16-7-3-4-8-18(16)24-19-12-14(21)9-10-17(19)20/h3-4,7-10,12,15,20,22H,2,5-6,11,13H2,1H3. The van der Waals surface area contributed by atoms with Crippen molar-refractivity contribution in [3.05, 3.63) is 59.4 Å². The molecule has 126 valence electrons. The van der Waals surface area contributed by atoms with Crippen molar-refractivity contribution in [3.63, 3.8) is 0 Å². The molecule has 0 radical (unpaired) electrons. The molecule has 3 nitrogen and oxygen atoms in total. The molecule has 2 aromatic carbocycles. The van der Waals surface area contributed by atoms with E-state index < -0.39 is 0 Å². The summed E-state index contributed by atoms with van der Waals surface area (Å²) in [5.74, 6) is 1.17. The third-order valence-electron chi connectivity index (χ3n) is 5.09. The van der Waals surface area contributed by atoms with Gasteiger partial charge in [-0.05, 0) is 38.1 Å². The summed E-state index contributed by atoms with van der Waals surface area (Å²) in [6.07, 6.45) is 2.39. The minimum atomic E-state index is -0.262. The van der Waals surface area contributed by atoms with Crippen LogP contribution in [-0.4, -0.2) is 30.6 Å². The Kier molecular flexibility index (Phi) is 4.25. The number of likely N-dealkylation sites (N-methyl/N-ethyl adjacent to an activating group) is 1. The van der Waals surface area contributed by atoms with E-state index in [1.54, 1.807) is 0 Å². The van der Waals surface area contributed by atoms with E-state index in [2.05, 4.69) is 23.2 Å². The van der Waals surface area contributed by atoms with Gasteiger partial charge in [-0.3, -0.25) is 0 Å². The van der Waals surface area contributed by atoms with Crippen LogP contribution in [0.1, 0.15) is 36.9 Å². The van der Waals surface area contributed by atoms with Gasteiger partial charge >= 0.3 is 0 Å². The molecule has 0 bridgehead atoms. The summed E-state index contributed by atoms with van der Waals surface area (Å²) >= 11 is 0. The van der Waals surface area contributed by atoms with Crippen LogP contribution in [0.3, 0.4) is 0 Å². The van der Waals surface area contributed by atoms with Crippen LogP contribution in [0.5, 0.6) is 11.5 Å². The first-order valence-electron chi connectivity index (χ1n) is 8.79. The third kappa shape index (κ3) is 2.92. The summed E-state index contributed by atoms with van der Waals surface area (Å²) in [6.45, 7) is 5.54. The highest BCUT2D eigenvalue weighted by atomic mass is 19.1. The van der Waals surface area contributed by atoms with E-state index in [9.17, 15) is 4.39 Å². The fraction of sp³-hybridized carbons (Fsp3) is 0.400. The minimum Gasteiger partial charge on any atom is -0.457 e. The van der Waals surface area contributed by atoms with E-state index in [0.29, 0.717) is 11.8 Å². The molecule has 2 heterocycles. The van der Waals surface area contributed by atoms with Gasteiger partial charge in [0.2, 0.25) is 0 Å². The van der Waals surface area contributed by atoms with Gasteiger partial charge in [-0.15, -0.1) is 0 Å². The molecule has 0 aromatic heterocycles. The minimum absolute atomic E-state index is 0.0485. The second kappa shape index (κ2) is 6.54. The van der Waals surface area contributed by atoms with Crippen molar-refractivity contribution in [2.24, 2.45) is 0 Å². The molecule has 0 aliphatic carbocycles. The average molecular weight is 326 g/mol. The Morgan fingerprint density at radius 1 is 1.17 bits per heavy atom. The number of likely N-dealkylation sites (tertiary alicyclic amines) is 1. The highest BCUT2D eigenvalue weighted by Crippen LogP contribution is 2.43. The van der Waals surface area contributed by atoms with Gasteiger partial charge in [-0.2, -0.15) is 0 Å². The summed E-state index contributed by atoms with van der Waals surface area (Å²) in [5, 5.41) is 3.81. The number of hydrogen-bond acceptors (Lipinski definition) is 3. The second-order valence-electron chi connectivity index (χ2n) is 6.65. The zero-order valence-corrected chi connectivity index (χ0v) is 14.0. The molecule has 24 heavy (non-hydrogen) atoms. The number of halogens is 1. The molecule has 2 unspecified atom stereocenters. The van der Waals surface area contributed by atoms with Crippen LogP contribution in [0.4, 0.5) is 4.39 Å². The molecule has 0 amide bonds. The lowest BCUT2D eigenvalue weighted by Crippen LogP contribution is -2.47. The third-order valence-corrected chi connectivity index (χ3v) is 5.09. The van der Waals surface area contributed by atoms with Crippen molar-refractivity contribution in [1.29, 1.82) is 0 Å². The van der Waals surface area contributed by atoms with E-state index in [1.165, 1.54) is 31.5 Å². The largest absolute Gasteiger partial charge is 0.457 e. The van der Waals surface area contributed by atoms with Crippen molar-refractivity contribution in [2.75, 3.05) is 19.6 Å². The van der Waals surface area contributed by atoms with Gasteiger partial charge < -0.3 is 15.0 Å². The summed E-state index contributed by atoms with van der Waals surface area (Å²) in [6, 6.07) is 13.4. The summed E-state index contributed by atoms with van der Waals surface area (Å²) in [4.78, 5) is 2.48. The molecule has 4 rings (SSSR count). The molecular weight excluding hydrogens is 303 g/mol. The van der Waals surface area contributed by atoms with Crippen LogP contribution < -0.4 is 10.1 Å². The molecule has 2 aliphatic rings. The molecule has 2 aliphatic heterocycles. The molecule has 1 N–H and O–H groups in total. The lowest BCUT2D eigenvalue weighted by molar-refractivity contribution is 0.192. The average Bonchev–Trinajstić information content (AvgIpc) is 2.61. The summed E-state index contributed by atoms with van der Waals surface area (Å²) < 4.78 is 19.6. The predicted molar refractivity (Wildman–Crippen MR) is 93.0 cm³/mol. The summed E-state index contributed by atoms with van der Waals surface area (Å²) in [7, 11) is 0. The number of nitrogens with one attached hydrogen (secondary N) is 1. The van der Waals surface area contributed by atoms with Crippen molar-refractivity contribution in [3.8, 4) is 11.5 Å². The van der Waals surface area contributed by atoms with Crippen molar-refractivity contribution in [1.82, 2.24) is 10.2 Å². The first-order valence-corrected chi connectivity index (χ1v) is 8.79. The fourth-order valence-corrected chi connectivity index (χ4v) is 3.83. The van der Waals surface area contributed by atoms with Gasteiger partial charge in [0.15, 0.2) is 0 Å². The molecular formula is C20H23FN2O. The van der Waals surface area contributed by atoms with Crippen LogP contribution in [0.2, 0.25) is 0 Å². The van der Waals surface area contributed by atoms with E-state index >= 15 is 0 Å². The van der Waals surface area contributed by atoms with Gasteiger partial charge in [-0.1, -0.05) is 31.2 Å². The van der Waals surface area contributed by atoms with Crippen LogP contribution in [0.25, 0.3) is 0 Å². The van der Waals surface area contributed by atoms with Crippen LogP contribution in [-0.2, 0) is 0 Å². The Hall–Kier alpha value is -1.91. The maximum Gasteiger partial charge on any atom is 0.135 e. The van der Waals surface area contributed by atoms with E-state index in [4.69, 9.17) is 4.74 Å². The molecule has 1 saturated heterocycles. The lowest BCUT2D eigenvalue weighted by Gasteiger charge is -2.37. The number of para-hydroxylation sites is 1. The van der Waals surface area contributed by atoms with Gasteiger partial charge in [-0.25, -0.2) is 4.39 Å².